The van der Waals surface area contributed by atoms with Gasteiger partial charge < -0.3 is 15.2 Å². The number of para-hydroxylation sites is 1. The van der Waals surface area contributed by atoms with E-state index in [4.69, 9.17) is 4.74 Å². The van der Waals surface area contributed by atoms with Gasteiger partial charge in [-0.25, -0.2) is 0 Å². The quantitative estimate of drug-likeness (QED) is 0.746. The summed E-state index contributed by atoms with van der Waals surface area (Å²) in [5.74, 6) is 0.846. The van der Waals surface area contributed by atoms with Gasteiger partial charge in [-0.15, -0.1) is 0 Å². The minimum atomic E-state index is -0.469. The molecule has 3 heteroatoms. The molecule has 0 fully saturated rings. The van der Waals surface area contributed by atoms with E-state index in [1.807, 2.05) is 31.2 Å². The minimum Gasteiger partial charge on any atom is -0.491 e. The average molecular weight is 251 g/mol. The number of nitrogens with one attached hydrogen (secondary N) is 1. The molecular weight excluding hydrogens is 226 g/mol. The Hall–Kier alpha value is -1.06. The molecule has 3 nitrogen and oxygen atoms in total. The highest BCUT2D eigenvalue weighted by molar-refractivity contribution is 5.31. The summed E-state index contributed by atoms with van der Waals surface area (Å²) in [6, 6.07) is 8.30. The van der Waals surface area contributed by atoms with Gasteiger partial charge in [0.15, 0.2) is 0 Å². The zero-order valence-corrected chi connectivity index (χ0v) is 11.6. The zero-order valence-electron chi connectivity index (χ0n) is 11.6. The number of hydrogen-bond donors (Lipinski definition) is 2. The van der Waals surface area contributed by atoms with Crippen molar-refractivity contribution in [3.05, 3.63) is 29.8 Å². The average Bonchev–Trinajstić information content (AvgIpc) is 2.36. The van der Waals surface area contributed by atoms with Crippen LogP contribution in [-0.2, 0) is 0 Å². The summed E-state index contributed by atoms with van der Waals surface area (Å²) >= 11 is 0. The van der Waals surface area contributed by atoms with Gasteiger partial charge in [-0.05, 0) is 31.9 Å². The highest BCUT2D eigenvalue weighted by Gasteiger charge is 2.08. The van der Waals surface area contributed by atoms with Gasteiger partial charge in [0.2, 0.25) is 0 Å². The second-order valence-corrected chi connectivity index (χ2v) is 4.83. The van der Waals surface area contributed by atoms with E-state index in [1.54, 1.807) is 0 Å². The van der Waals surface area contributed by atoms with Gasteiger partial charge in [-0.2, -0.15) is 0 Å². The molecule has 2 atom stereocenters. The fraction of sp³-hybridized carbons (Fsp3) is 0.600. The maximum atomic E-state index is 9.83. The highest BCUT2D eigenvalue weighted by atomic mass is 16.5. The molecule has 102 valence electrons. The molecular formula is C15H25NO2. The Labute approximate surface area is 110 Å². The number of hydrogen-bond acceptors (Lipinski definition) is 3. The molecule has 0 aliphatic rings. The molecule has 0 saturated carbocycles. The van der Waals surface area contributed by atoms with Crippen molar-refractivity contribution >= 4 is 0 Å². The van der Waals surface area contributed by atoms with E-state index >= 15 is 0 Å². The van der Waals surface area contributed by atoms with E-state index in [9.17, 15) is 5.11 Å². The molecule has 0 amide bonds. The van der Waals surface area contributed by atoms with Gasteiger partial charge in [-0.1, -0.05) is 31.5 Å². The van der Waals surface area contributed by atoms with E-state index in [0.717, 1.165) is 24.2 Å². The summed E-state index contributed by atoms with van der Waals surface area (Å²) in [5.41, 5.74) is 1.09. The van der Waals surface area contributed by atoms with Crippen molar-refractivity contribution < 1.29 is 9.84 Å². The maximum Gasteiger partial charge on any atom is 0.122 e. The molecule has 1 aromatic carbocycles. The van der Waals surface area contributed by atoms with Gasteiger partial charge in [-0.3, -0.25) is 0 Å². The van der Waals surface area contributed by atoms with Gasteiger partial charge in [0.1, 0.15) is 18.5 Å². The lowest BCUT2D eigenvalue weighted by atomic mass is 10.2. The van der Waals surface area contributed by atoms with Crippen LogP contribution < -0.4 is 10.1 Å². The first-order chi connectivity index (χ1) is 8.63. The molecule has 0 aliphatic carbocycles. The monoisotopic (exact) mass is 251 g/mol. The number of aryl methyl sites for hydroxylation is 1. The minimum absolute atomic E-state index is 0.330. The lowest BCUT2D eigenvalue weighted by Crippen LogP contribution is -2.36. The van der Waals surface area contributed by atoms with Crippen molar-refractivity contribution in [1.29, 1.82) is 0 Å². The predicted octanol–water partition coefficient (Wildman–Crippen LogP) is 2.51. The SMILES string of the molecule is CCCC(C)NCC(O)COc1ccccc1C. The van der Waals surface area contributed by atoms with E-state index < -0.39 is 6.10 Å². The standard InChI is InChI=1S/C15H25NO2/c1-4-7-13(3)16-10-14(17)11-18-15-9-6-5-8-12(15)2/h5-6,8-9,13-14,16-17H,4,7,10-11H2,1-3H3. The summed E-state index contributed by atoms with van der Waals surface area (Å²) < 4.78 is 5.60. The van der Waals surface area contributed by atoms with Crippen LogP contribution in [-0.4, -0.2) is 30.4 Å². The third-order valence-corrected chi connectivity index (χ3v) is 2.95. The van der Waals surface area contributed by atoms with Crippen molar-refractivity contribution in [3.8, 4) is 5.75 Å². The molecule has 1 aromatic rings. The second kappa shape index (κ2) is 8.11. The smallest absolute Gasteiger partial charge is 0.122 e. The Balaban J connectivity index is 2.25. The molecule has 0 spiro atoms. The van der Waals surface area contributed by atoms with Crippen molar-refractivity contribution in [2.45, 2.75) is 45.8 Å². The number of aliphatic hydroxyl groups excluding tert-OH is 1. The molecule has 0 aliphatic heterocycles. The van der Waals surface area contributed by atoms with Gasteiger partial charge >= 0.3 is 0 Å². The van der Waals surface area contributed by atoms with Gasteiger partial charge in [0.25, 0.3) is 0 Å². The molecule has 1 rings (SSSR count). The first-order valence-electron chi connectivity index (χ1n) is 6.73. The van der Waals surface area contributed by atoms with Crippen LogP contribution in [0.1, 0.15) is 32.3 Å². The summed E-state index contributed by atoms with van der Waals surface area (Å²) in [4.78, 5) is 0. The number of rotatable bonds is 8. The van der Waals surface area contributed by atoms with Gasteiger partial charge in [0, 0.05) is 12.6 Å². The molecule has 0 aromatic heterocycles. The summed E-state index contributed by atoms with van der Waals surface area (Å²) in [6.45, 7) is 7.21. The van der Waals surface area contributed by atoms with Crippen LogP contribution in [0.2, 0.25) is 0 Å². The van der Waals surface area contributed by atoms with E-state index in [1.165, 1.54) is 0 Å². The summed E-state index contributed by atoms with van der Waals surface area (Å²) in [5, 5.41) is 13.1. The Morgan fingerprint density at radius 3 is 2.72 bits per heavy atom. The van der Waals surface area contributed by atoms with Crippen LogP contribution in [0.3, 0.4) is 0 Å². The Kier molecular flexibility index (Phi) is 6.76. The van der Waals surface area contributed by atoms with Crippen LogP contribution in [0.15, 0.2) is 24.3 Å². The van der Waals surface area contributed by atoms with Gasteiger partial charge in [0.05, 0.1) is 0 Å². The molecule has 0 bridgehead atoms. The van der Waals surface area contributed by atoms with E-state index in [-0.39, 0.29) is 0 Å². The van der Waals surface area contributed by atoms with Crippen LogP contribution in [0.25, 0.3) is 0 Å². The van der Waals surface area contributed by atoms with Crippen LogP contribution in [0.4, 0.5) is 0 Å². The molecule has 0 radical (unpaired) electrons. The van der Waals surface area contributed by atoms with Crippen molar-refractivity contribution in [2.75, 3.05) is 13.2 Å². The lowest BCUT2D eigenvalue weighted by molar-refractivity contribution is 0.103. The highest BCUT2D eigenvalue weighted by Crippen LogP contribution is 2.16. The molecule has 2 unspecified atom stereocenters. The van der Waals surface area contributed by atoms with Crippen molar-refractivity contribution in [2.24, 2.45) is 0 Å². The van der Waals surface area contributed by atoms with Crippen LogP contribution in [0, 0.1) is 6.92 Å². The topological polar surface area (TPSA) is 41.5 Å². The molecule has 18 heavy (non-hydrogen) atoms. The van der Waals surface area contributed by atoms with E-state index in [0.29, 0.717) is 19.2 Å². The maximum absolute atomic E-state index is 9.83. The Morgan fingerprint density at radius 2 is 2.06 bits per heavy atom. The van der Waals surface area contributed by atoms with Crippen LogP contribution >= 0.6 is 0 Å². The molecule has 0 heterocycles. The largest absolute Gasteiger partial charge is 0.491 e. The molecule has 0 saturated heterocycles. The normalized spacial score (nSPS) is 14.2. The fourth-order valence-electron chi connectivity index (χ4n) is 1.84. The third kappa shape index (κ3) is 5.52. The van der Waals surface area contributed by atoms with E-state index in [2.05, 4.69) is 19.2 Å². The summed E-state index contributed by atoms with van der Waals surface area (Å²) in [6.07, 6.45) is 1.82. The Bertz CT molecular complexity index is 341. The Morgan fingerprint density at radius 1 is 1.33 bits per heavy atom. The first-order valence-corrected chi connectivity index (χ1v) is 6.73. The molecule has 2 N–H and O–H groups in total. The van der Waals surface area contributed by atoms with Crippen molar-refractivity contribution in [1.82, 2.24) is 5.32 Å². The first kappa shape index (κ1) is 15.0. The zero-order chi connectivity index (χ0) is 13.4. The lowest BCUT2D eigenvalue weighted by Gasteiger charge is -2.17. The summed E-state index contributed by atoms with van der Waals surface area (Å²) in [7, 11) is 0. The predicted molar refractivity (Wildman–Crippen MR) is 75.1 cm³/mol. The number of aliphatic hydroxyl groups is 1. The third-order valence-electron chi connectivity index (χ3n) is 2.95. The van der Waals surface area contributed by atoms with Crippen molar-refractivity contribution in [3.63, 3.8) is 0 Å². The number of benzene rings is 1. The second-order valence-electron chi connectivity index (χ2n) is 4.83. The fourth-order valence-corrected chi connectivity index (χ4v) is 1.84. The van der Waals surface area contributed by atoms with Crippen LogP contribution in [0.5, 0.6) is 5.75 Å². The number of ether oxygens (including phenoxy) is 1.